The zero-order valence-corrected chi connectivity index (χ0v) is 17.3. The minimum absolute atomic E-state index is 0.184. The maximum atomic E-state index is 12.2. The van der Waals surface area contributed by atoms with Crippen LogP contribution in [0.25, 0.3) is 0 Å². The number of anilines is 2. The molecule has 2 N–H and O–H groups in total. The molecule has 0 atom stereocenters. The molecule has 0 saturated heterocycles. The topological polar surface area (TPSA) is 103 Å². The summed E-state index contributed by atoms with van der Waals surface area (Å²) in [6.45, 7) is 3.59. The molecule has 30 heavy (non-hydrogen) atoms. The third-order valence-electron chi connectivity index (χ3n) is 3.98. The Hall–Kier alpha value is -3.55. The number of rotatable bonds is 10. The Morgan fingerprint density at radius 3 is 2.20 bits per heavy atom. The lowest BCUT2D eigenvalue weighted by Gasteiger charge is -2.12. The van der Waals surface area contributed by atoms with E-state index < -0.39 is 18.5 Å². The summed E-state index contributed by atoms with van der Waals surface area (Å²) >= 11 is 0. The van der Waals surface area contributed by atoms with E-state index in [1.54, 1.807) is 36.4 Å². The smallest absolute Gasteiger partial charge is 0.338 e. The van der Waals surface area contributed by atoms with Crippen LogP contribution >= 0.6 is 0 Å². The Balaban J connectivity index is 1.88. The van der Waals surface area contributed by atoms with Gasteiger partial charge in [-0.2, -0.15) is 0 Å². The van der Waals surface area contributed by atoms with Gasteiger partial charge >= 0.3 is 5.97 Å². The van der Waals surface area contributed by atoms with Crippen molar-refractivity contribution in [2.75, 3.05) is 31.0 Å². The lowest BCUT2D eigenvalue weighted by atomic mass is 10.2. The average molecular weight is 414 g/mol. The molecule has 0 fully saturated rings. The Kier molecular flexibility index (Phi) is 8.68. The normalized spacial score (nSPS) is 10.1. The number of hydrogen-bond donors (Lipinski definition) is 2. The summed E-state index contributed by atoms with van der Waals surface area (Å²) < 4.78 is 16.0. The first-order valence-electron chi connectivity index (χ1n) is 9.58. The van der Waals surface area contributed by atoms with Crippen molar-refractivity contribution in [3.63, 3.8) is 0 Å². The number of nitrogens with one attached hydrogen (secondary N) is 2. The highest BCUT2D eigenvalue weighted by Crippen LogP contribution is 2.28. The lowest BCUT2D eigenvalue weighted by molar-refractivity contribution is -0.119. The summed E-state index contributed by atoms with van der Waals surface area (Å²) in [4.78, 5) is 35.3. The summed E-state index contributed by atoms with van der Waals surface area (Å²) in [6, 6.07) is 11.3. The molecule has 0 radical (unpaired) electrons. The second-order valence-corrected chi connectivity index (χ2v) is 6.45. The van der Waals surface area contributed by atoms with Gasteiger partial charge < -0.3 is 24.8 Å². The van der Waals surface area contributed by atoms with Crippen molar-refractivity contribution in [3.05, 3.63) is 48.0 Å². The van der Waals surface area contributed by atoms with Gasteiger partial charge in [-0.25, -0.2) is 4.79 Å². The standard InChI is InChI=1S/C22H26N2O6/c1-4-5-12-29-19-11-6-16(13-20(19)28-3)22(27)30-14-21(26)24-18-9-7-17(8-10-18)23-15(2)25/h6-11,13H,4-5,12,14H2,1-3H3,(H,23,25)(H,24,26). The molecule has 0 saturated carbocycles. The van der Waals surface area contributed by atoms with E-state index in [0.29, 0.717) is 29.5 Å². The summed E-state index contributed by atoms with van der Waals surface area (Å²) in [7, 11) is 1.49. The summed E-state index contributed by atoms with van der Waals surface area (Å²) in [5.74, 6) is -0.352. The van der Waals surface area contributed by atoms with E-state index in [4.69, 9.17) is 14.2 Å². The van der Waals surface area contributed by atoms with E-state index >= 15 is 0 Å². The molecule has 0 aliphatic carbocycles. The maximum Gasteiger partial charge on any atom is 0.338 e. The molecular formula is C22H26N2O6. The lowest BCUT2D eigenvalue weighted by Crippen LogP contribution is -2.21. The number of benzene rings is 2. The number of carbonyl (C=O) groups is 3. The second kappa shape index (κ2) is 11.5. The quantitative estimate of drug-likeness (QED) is 0.455. The van der Waals surface area contributed by atoms with E-state index in [1.807, 2.05) is 0 Å². The third-order valence-corrected chi connectivity index (χ3v) is 3.98. The number of carbonyl (C=O) groups excluding carboxylic acids is 3. The summed E-state index contributed by atoms with van der Waals surface area (Å²) in [6.07, 6.45) is 1.92. The molecule has 0 aromatic heterocycles. The van der Waals surface area contributed by atoms with Crippen LogP contribution in [0.1, 0.15) is 37.0 Å². The van der Waals surface area contributed by atoms with Gasteiger partial charge in [0.05, 0.1) is 19.3 Å². The Morgan fingerprint density at radius 1 is 0.933 bits per heavy atom. The van der Waals surface area contributed by atoms with Gasteiger partial charge in [0.15, 0.2) is 18.1 Å². The number of amides is 2. The van der Waals surface area contributed by atoms with Crippen molar-refractivity contribution >= 4 is 29.2 Å². The maximum absolute atomic E-state index is 12.2. The van der Waals surface area contributed by atoms with Gasteiger partial charge in [0.1, 0.15) is 0 Å². The first-order chi connectivity index (χ1) is 14.4. The largest absolute Gasteiger partial charge is 0.493 e. The van der Waals surface area contributed by atoms with Gasteiger partial charge in [0.25, 0.3) is 5.91 Å². The number of hydrogen-bond acceptors (Lipinski definition) is 6. The molecule has 2 aromatic rings. The van der Waals surface area contributed by atoms with Crippen molar-refractivity contribution in [1.29, 1.82) is 0 Å². The highest BCUT2D eigenvalue weighted by atomic mass is 16.5. The Bertz CT molecular complexity index is 880. The monoisotopic (exact) mass is 414 g/mol. The van der Waals surface area contributed by atoms with Crippen LogP contribution in [0, 0.1) is 0 Å². The number of ether oxygens (including phenoxy) is 3. The second-order valence-electron chi connectivity index (χ2n) is 6.45. The molecule has 2 aromatic carbocycles. The molecule has 2 rings (SSSR count). The van der Waals surface area contributed by atoms with Crippen molar-refractivity contribution in [2.45, 2.75) is 26.7 Å². The number of methoxy groups -OCH3 is 1. The molecule has 0 aliphatic rings. The Labute approximate surface area is 175 Å². The van der Waals surface area contributed by atoms with Crippen molar-refractivity contribution in [1.82, 2.24) is 0 Å². The van der Waals surface area contributed by atoms with E-state index in [1.165, 1.54) is 20.1 Å². The summed E-state index contributed by atoms with van der Waals surface area (Å²) in [5, 5.41) is 5.25. The molecule has 8 nitrogen and oxygen atoms in total. The van der Waals surface area contributed by atoms with E-state index in [-0.39, 0.29) is 11.5 Å². The van der Waals surface area contributed by atoms with Gasteiger partial charge in [-0.15, -0.1) is 0 Å². The van der Waals surface area contributed by atoms with Crippen LogP contribution in [0.4, 0.5) is 11.4 Å². The average Bonchev–Trinajstić information content (AvgIpc) is 2.73. The minimum Gasteiger partial charge on any atom is -0.493 e. The van der Waals surface area contributed by atoms with Crippen LogP contribution in [0.3, 0.4) is 0 Å². The van der Waals surface area contributed by atoms with Crippen molar-refractivity contribution in [2.24, 2.45) is 0 Å². The molecule has 160 valence electrons. The van der Waals surface area contributed by atoms with Gasteiger partial charge in [-0.1, -0.05) is 13.3 Å². The number of esters is 1. The molecule has 2 amide bonds. The first kappa shape index (κ1) is 22.7. The van der Waals surface area contributed by atoms with Gasteiger partial charge in [-0.3, -0.25) is 9.59 Å². The van der Waals surface area contributed by atoms with Gasteiger partial charge in [-0.05, 0) is 48.9 Å². The van der Waals surface area contributed by atoms with Crippen LogP contribution in [0.15, 0.2) is 42.5 Å². The van der Waals surface area contributed by atoms with E-state index in [0.717, 1.165) is 12.8 Å². The fourth-order valence-corrected chi connectivity index (χ4v) is 2.49. The van der Waals surface area contributed by atoms with E-state index in [2.05, 4.69) is 17.6 Å². The van der Waals surface area contributed by atoms with Crippen LogP contribution < -0.4 is 20.1 Å². The third kappa shape index (κ3) is 7.12. The van der Waals surface area contributed by atoms with Crippen LogP contribution in [0.2, 0.25) is 0 Å². The summed E-state index contributed by atoms with van der Waals surface area (Å²) in [5.41, 5.74) is 1.38. The molecule has 0 bridgehead atoms. The molecular weight excluding hydrogens is 388 g/mol. The predicted molar refractivity (Wildman–Crippen MR) is 113 cm³/mol. The SMILES string of the molecule is CCCCOc1ccc(C(=O)OCC(=O)Nc2ccc(NC(C)=O)cc2)cc1OC. The van der Waals surface area contributed by atoms with E-state index in [9.17, 15) is 14.4 Å². The van der Waals surface area contributed by atoms with Crippen LogP contribution in [-0.4, -0.2) is 38.1 Å². The highest BCUT2D eigenvalue weighted by Gasteiger charge is 2.14. The zero-order valence-electron chi connectivity index (χ0n) is 17.3. The fraction of sp³-hybridized carbons (Fsp3) is 0.318. The van der Waals surface area contributed by atoms with Gasteiger partial charge in [0, 0.05) is 18.3 Å². The Morgan fingerprint density at radius 2 is 1.60 bits per heavy atom. The van der Waals surface area contributed by atoms with Gasteiger partial charge in [0.2, 0.25) is 5.91 Å². The molecule has 0 spiro atoms. The van der Waals surface area contributed by atoms with Crippen molar-refractivity contribution in [3.8, 4) is 11.5 Å². The number of unbranched alkanes of at least 4 members (excludes halogenated alkanes) is 1. The molecule has 0 heterocycles. The molecule has 8 heteroatoms. The van der Waals surface area contributed by atoms with Crippen molar-refractivity contribution < 1.29 is 28.6 Å². The molecule has 0 aliphatic heterocycles. The first-order valence-corrected chi connectivity index (χ1v) is 9.58. The fourth-order valence-electron chi connectivity index (χ4n) is 2.49. The predicted octanol–water partition coefficient (Wildman–Crippen LogP) is 3.63. The molecule has 0 unspecified atom stereocenters. The minimum atomic E-state index is -0.649. The zero-order chi connectivity index (χ0) is 21.9. The van der Waals surface area contributed by atoms with Crippen LogP contribution in [-0.2, 0) is 14.3 Å². The van der Waals surface area contributed by atoms with Crippen LogP contribution in [0.5, 0.6) is 11.5 Å². The highest BCUT2D eigenvalue weighted by molar-refractivity contribution is 5.96.